The number of esters is 1. The molecular formula is C22H32N2O5. The van der Waals surface area contributed by atoms with E-state index in [0.717, 1.165) is 19.3 Å². The Labute approximate surface area is 172 Å². The van der Waals surface area contributed by atoms with Crippen molar-refractivity contribution < 1.29 is 23.8 Å². The molecule has 0 saturated carbocycles. The molecule has 2 N–H and O–H groups in total. The maximum atomic E-state index is 12.7. The number of allylic oxidation sites excluding steroid dienone is 1. The van der Waals surface area contributed by atoms with Gasteiger partial charge < -0.3 is 24.8 Å². The van der Waals surface area contributed by atoms with E-state index in [1.54, 1.807) is 26.2 Å². The first-order valence-corrected chi connectivity index (χ1v) is 10.1. The zero-order valence-corrected chi connectivity index (χ0v) is 18.0. The lowest BCUT2D eigenvalue weighted by Gasteiger charge is -2.28. The number of unbranched alkanes of at least 4 members (excludes halogenated alkanes) is 2. The second-order valence-corrected chi connectivity index (χ2v) is 7.53. The van der Waals surface area contributed by atoms with Gasteiger partial charge in [-0.2, -0.15) is 0 Å². The predicted molar refractivity (Wildman–Crippen MR) is 111 cm³/mol. The van der Waals surface area contributed by atoms with Crippen LogP contribution in [0.5, 0.6) is 11.5 Å². The molecular weight excluding hydrogens is 372 g/mol. The molecule has 0 aromatic heterocycles. The Hall–Kier alpha value is -2.70. The number of hydrogen-bond donors (Lipinski definition) is 2. The fraction of sp³-hybridized carbons (Fsp3) is 0.545. The second kappa shape index (κ2) is 10.7. The number of carbonyl (C=O) groups is 2. The molecule has 1 aliphatic heterocycles. The highest BCUT2D eigenvalue weighted by molar-refractivity contribution is 5.95. The van der Waals surface area contributed by atoms with E-state index in [2.05, 4.69) is 17.6 Å². The Morgan fingerprint density at radius 1 is 1.21 bits per heavy atom. The van der Waals surface area contributed by atoms with Crippen molar-refractivity contribution in [1.29, 1.82) is 0 Å². The Balaban J connectivity index is 2.27. The van der Waals surface area contributed by atoms with Crippen molar-refractivity contribution >= 4 is 12.0 Å². The topological polar surface area (TPSA) is 85.9 Å². The predicted octanol–water partition coefficient (Wildman–Crippen LogP) is 4.09. The molecule has 1 heterocycles. The van der Waals surface area contributed by atoms with Crippen LogP contribution < -0.4 is 20.1 Å². The van der Waals surface area contributed by atoms with Gasteiger partial charge in [0.2, 0.25) is 0 Å². The Bertz CT molecular complexity index is 758. The van der Waals surface area contributed by atoms with E-state index in [0.29, 0.717) is 41.5 Å². The fourth-order valence-corrected chi connectivity index (χ4v) is 3.05. The fourth-order valence-electron chi connectivity index (χ4n) is 3.05. The quantitative estimate of drug-likeness (QED) is 0.453. The van der Waals surface area contributed by atoms with Crippen molar-refractivity contribution in [3.8, 4) is 11.5 Å². The largest absolute Gasteiger partial charge is 0.493 e. The van der Waals surface area contributed by atoms with Crippen LogP contribution in [0.2, 0.25) is 0 Å². The van der Waals surface area contributed by atoms with Crippen LogP contribution in [-0.4, -0.2) is 32.3 Å². The highest BCUT2D eigenvalue weighted by Gasteiger charge is 2.32. The van der Waals surface area contributed by atoms with Gasteiger partial charge in [-0.15, -0.1) is 0 Å². The van der Waals surface area contributed by atoms with Crippen LogP contribution in [0.25, 0.3) is 0 Å². The summed E-state index contributed by atoms with van der Waals surface area (Å²) in [4.78, 5) is 24.8. The molecule has 2 rings (SSSR count). The van der Waals surface area contributed by atoms with Crippen LogP contribution in [0.4, 0.5) is 4.79 Å². The summed E-state index contributed by atoms with van der Waals surface area (Å²) in [6.07, 6.45) is 3.20. The number of nitrogens with one attached hydrogen (secondary N) is 2. The summed E-state index contributed by atoms with van der Waals surface area (Å²) >= 11 is 0. The summed E-state index contributed by atoms with van der Waals surface area (Å²) in [6, 6.07) is 4.42. The number of benzene rings is 1. The van der Waals surface area contributed by atoms with Crippen molar-refractivity contribution in [3.63, 3.8) is 0 Å². The van der Waals surface area contributed by atoms with Crippen LogP contribution in [0.1, 0.15) is 58.6 Å². The molecule has 1 aromatic carbocycles. The van der Waals surface area contributed by atoms with Crippen LogP contribution in [-0.2, 0) is 9.53 Å². The standard InChI is InChI=1S/C22H32N2O5/c1-6-7-8-11-28-17-10-9-16(12-18(17)27-5)20-19(15(4)23-22(26)24-20)21(25)29-13-14(2)3/h9-10,12,14,20H,6-8,11,13H2,1-5H3,(H2,23,24,26). The molecule has 1 aromatic rings. The number of carbonyl (C=O) groups excluding carboxylic acids is 2. The van der Waals surface area contributed by atoms with Crippen LogP contribution >= 0.6 is 0 Å². The van der Waals surface area contributed by atoms with E-state index < -0.39 is 12.0 Å². The molecule has 0 radical (unpaired) electrons. The Kier molecular flexibility index (Phi) is 8.36. The maximum absolute atomic E-state index is 12.7. The normalized spacial score (nSPS) is 16.3. The van der Waals surface area contributed by atoms with Gasteiger partial charge in [-0.05, 0) is 37.0 Å². The Morgan fingerprint density at radius 3 is 2.62 bits per heavy atom. The molecule has 1 atom stereocenters. The van der Waals surface area contributed by atoms with E-state index in [-0.39, 0.29) is 11.9 Å². The van der Waals surface area contributed by atoms with Crippen molar-refractivity contribution in [2.75, 3.05) is 20.3 Å². The summed E-state index contributed by atoms with van der Waals surface area (Å²) in [6.45, 7) is 8.69. The summed E-state index contributed by atoms with van der Waals surface area (Å²) in [5.74, 6) is 0.956. The van der Waals surface area contributed by atoms with Crippen molar-refractivity contribution in [3.05, 3.63) is 35.0 Å². The summed E-state index contributed by atoms with van der Waals surface area (Å²) in [5.41, 5.74) is 1.57. The Morgan fingerprint density at radius 2 is 1.97 bits per heavy atom. The molecule has 0 aliphatic carbocycles. The summed E-state index contributed by atoms with van der Waals surface area (Å²) < 4.78 is 16.7. The average Bonchev–Trinajstić information content (AvgIpc) is 2.68. The van der Waals surface area contributed by atoms with Crippen molar-refractivity contribution in [2.45, 2.75) is 53.0 Å². The average molecular weight is 405 g/mol. The molecule has 2 amide bonds. The minimum absolute atomic E-state index is 0.216. The second-order valence-electron chi connectivity index (χ2n) is 7.53. The van der Waals surface area contributed by atoms with E-state index >= 15 is 0 Å². The van der Waals surface area contributed by atoms with Gasteiger partial charge in [-0.1, -0.05) is 39.7 Å². The lowest BCUT2D eigenvalue weighted by Crippen LogP contribution is -2.45. The lowest BCUT2D eigenvalue weighted by molar-refractivity contribution is -0.140. The number of amides is 2. The third kappa shape index (κ3) is 6.14. The van der Waals surface area contributed by atoms with Crippen LogP contribution in [0.3, 0.4) is 0 Å². The zero-order chi connectivity index (χ0) is 21.4. The number of methoxy groups -OCH3 is 1. The third-order valence-corrected chi connectivity index (χ3v) is 4.56. The number of hydrogen-bond acceptors (Lipinski definition) is 5. The van der Waals surface area contributed by atoms with Crippen molar-refractivity contribution in [2.24, 2.45) is 5.92 Å². The van der Waals surface area contributed by atoms with Gasteiger partial charge in [0.05, 0.1) is 31.9 Å². The maximum Gasteiger partial charge on any atom is 0.338 e. The van der Waals surface area contributed by atoms with Gasteiger partial charge in [-0.3, -0.25) is 0 Å². The molecule has 1 unspecified atom stereocenters. The van der Waals surface area contributed by atoms with Gasteiger partial charge in [0.1, 0.15) is 0 Å². The molecule has 29 heavy (non-hydrogen) atoms. The van der Waals surface area contributed by atoms with Gasteiger partial charge >= 0.3 is 12.0 Å². The molecule has 0 spiro atoms. The van der Waals surface area contributed by atoms with Gasteiger partial charge in [-0.25, -0.2) is 9.59 Å². The third-order valence-electron chi connectivity index (χ3n) is 4.56. The van der Waals surface area contributed by atoms with Gasteiger partial charge in [0.15, 0.2) is 11.5 Å². The van der Waals surface area contributed by atoms with E-state index in [9.17, 15) is 9.59 Å². The number of ether oxygens (including phenoxy) is 3. The molecule has 7 heteroatoms. The molecule has 1 aliphatic rings. The van der Waals surface area contributed by atoms with Crippen LogP contribution in [0.15, 0.2) is 29.5 Å². The number of rotatable bonds is 10. The molecule has 7 nitrogen and oxygen atoms in total. The first kappa shape index (κ1) is 22.6. The monoisotopic (exact) mass is 404 g/mol. The highest BCUT2D eigenvalue weighted by atomic mass is 16.5. The first-order chi connectivity index (χ1) is 13.9. The lowest BCUT2D eigenvalue weighted by atomic mass is 9.95. The number of urea groups is 1. The van der Waals surface area contributed by atoms with Gasteiger partial charge in [0, 0.05) is 5.70 Å². The zero-order valence-electron chi connectivity index (χ0n) is 18.0. The van der Waals surface area contributed by atoms with E-state index in [1.165, 1.54) is 0 Å². The smallest absolute Gasteiger partial charge is 0.338 e. The SMILES string of the molecule is CCCCCOc1ccc(C2NC(=O)NC(C)=C2C(=O)OCC(C)C)cc1OC. The molecule has 0 saturated heterocycles. The summed E-state index contributed by atoms with van der Waals surface area (Å²) in [5, 5.41) is 5.46. The van der Waals surface area contributed by atoms with E-state index in [4.69, 9.17) is 14.2 Å². The minimum Gasteiger partial charge on any atom is -0.493 e. The molecule has 160 valence electrons. The highest BCUT2D eigenvalue weighted by Crippen LogP contribution is 2.34. The van der Waals surface area contributed by atoms with Crippen molar-refractivity contribution in [1.82, 2.24) is 10.6 Å². The minimum atomic E-state index is -0.633. The summed E-state index contributed by atoms with van der Waals surface area (Å²) in [7, 11) is 1.57. The molecule has 0 fully saturated rings. The molecule has 0 bridgehead atoms. The van der Waals surface area contributed by atoms with E-state index in [1.807, 2.05) is 19.9 Å². The van der Waals surface area contributed by atoms with Crippen LogP contribution in [0, 0.1) is 5.92 Å². The first-order valence-electron chi connectivity index (χ1n) is 10.1. The van der Waals surface area contributed by atoms with Gasteiger partial charge in [0.25, 0.3) is 0 Å².